The lowest BCUT2D eigenvalue weighted by molar-refractivity contribution is -0.128. The number of carbonyl (C=O) groups is 1. The summed E-state index contributed by atoms with van der Waals surface area (Å²) in [6.45, 7) is 12.6. The van der Waals surface area contributed by atoms with Crippen LogP contribution in [0.4, 0.5) is 14.5 Å². The Bertz CT molecular complexity index is 1210. The van der Waals surface area contributed by atoms with Crippen LogP contribution >= 0.6 is 0 Å². The molecule has 5 aliphatic heterocycles. The molecule has 0 aromatic heterocycles. The van der Waals surface area contributed by atoms with E-state index in [0.29, 0.717) is 19.1 Å². The van der Waals surface area contributed by atoms with Gasteiger partial charge in [0, 0.05) is 42.7 Å². The summed E-state index contributed by atoms with van der Waals surface area (Å²) in [6, 6.07) is 7.23. The fourth-order valence-corrected chi connectivity index (χ4v) is 8.19. The molecule has 2 aliphatic carbocycles. The van der Waals surface area contributed by atoms with Gasteiger partial charge in [-0.25, -0.2) is 8.78 Å². The van der Waals surface area contributed by atoms with Gasteiger partial charge in [-0.2, -0.15) is 0 Å². The van der Waals surface area contributed by atoms with Gasteiger partial charge >= 0.3 is 7.12 Å². The highest BCUT2D eigenvalue weighted by Gasteiger charge is 2.72. The summed E-state index contributed by atoms with van der Waals surface area (Å²) < 4.78 is 45.8. The Hall–Kier alpha value is -1.59. The van der Waals surface area contributed by atoms with Crippen molar-refractivity contribution in [3.63, 3.8) is 0 Å². The molecule has 5 heterocycles. The van der Waals surface area contributed by atoms with Crippen LogP contribution in [0.3, 0.4) is 0 Å². The Morgan fingerprint density at radius 1 is 0.875 bits per heavy atom. The molecule has 7 aliphatic rings. The number of halogens is 2. The number of anilines is 1. The zero-order chi connectivity index (χ0) is 27.8. The van der Waals surface area contributed by atoms with Crippen LogP contribution in [-0.2, 0) is 24.3 Å². The van der Waals surface area contributed by atoms with Crippen LogP contribution in [0.15, 0.2) is 18.2 Å². The Kier molecular flexibility index (Phi) is 5.40. The van der Waals surface area contributed by atoms with Gasteiger partial charge in [0.2, 0.25) is 5.91 Å². The van der Waals surface area contributed by atoms with Crippen molar-refractivity contribution in [1.29, 1.82) is 0 Å². The van der Waals surface area contributed by atoms with E-state index in [2.05, 4.69) is 60.6 Å². The number of rotatable bonds is 4. The molecule has 0 radical (unpaired) electrons. The average Bonchev–Trinajstić information content (AvgIpc) is 3.17. The minimum absolute atomic E-state index is 0.0969. The van der Waals surface area contributed by atoms with E-state index in [1.807, 2.05) is 0 Å². The number of benzene rings is 1. The van der Waals surface area contributed by atoms with Gasteiger partial charge in [-0.15, -0.1) is 0 Å². The summed E-state index contributed by atoms with van der Waals surface area (Å²) in [6.07, 6.45) is 3.31. The van der Waals surface area contributed by atoms with Crippen molar-refractivity contribution < 1.29 is 27.6 Å². The van der Waals surface area contributed by atoms with E-state index < -0.39 is 41.5 Å². The molecule has 0 bridgehead atoms. The summed E-state index contributed by atoms with van der Waals surface area (Å²) in [5.41, 5.74) is 1.67. The van der Waals surface area contributed by atoms with Crippen LogP contribution in [0, 0.1) is 11.8 Å². The number of carbonyl (C=O) groups excluding carboxylic acids is 1. The number of nitrogens with zero attached hydrogens (tertiary/aromatic N) is 3. The van der Waals surface area contributed by atoms with Crippen LogP contribution in [0.25, 0.3) is 0 Å². The standard InChI is InChI=1S/C30H40BF2N3O4/c1-27(2)28(3,4)40-31(39-27)18-5-6-22-25(11-18)36(20-12-19(13-20)35-14-23-24(15-35)30(23,32)33)26(37)29(22)7-9-34(10-8-29)21-16-38-17-21/h5-6,11,19-21,23-24H,7-10,12-17H2,1-4H3. The molecule has 8 rings (SSSR count). The predicted octanol–water partition coefficient (Wildman–Crippen LogP) is 2.79. The number of fused-ring (bicyclic) bond motifs is 3. The predicted molar refractivity (Wildman–Crippen MR) is 147 cm³/mol. The largest absolute Gasteiger partial charge is 0.494 e. The quantitative estimate of drug-likeness (QED) is 0.533. The third-order valence-electron chi connectivity index (χ3n) is 11.9. The third-order valence-corrected chi connectivity index (χ3v) is 11.9. The van der Waals surface area contributed by atoms with E-state index in [0.717, 1.165) is 68.7 Å². The van der Waals surface area contributed by atoms with Crippen LogP contribution in [-0.4, -0.2) is 97.5 Å². The minimum atomic E-state index is -2.46. The minimum Gasteiger partial charge on any atom is -0.399 e. The summed E-state index contributed by atoms with van der Waals surface area (Å²) in [4.78, 5) is 21.3. The maximum Gasteiger partial charge on any atom is 0.494 e. The molecular weight excluding hydrogens is 515 g/mol. The smallest absolute Gasteiger partial charge is 0.399 e. The van der Waals surface area contributed by atoms with Gasteiger partial charge in [-0.05, 0) is 83.6 Å². The van der Waals surface area contributed by atoms with E-state index >= 15 is 0 Å². The molecule has 40 heavy (non-hydrogen) atoms. The first-order valence-corrected chi connectivity index (χ1v) is 15.2. The van der Waals surface area contributed by atoms with Gasteiger partial charge in [0.05, 0.1) is 35.9 Å². The van der Waals surface area contributed by atoms with Gasteiger partial charge in [-0.3, -0.25) is 14.6 Å². The molecule has 216 valence electrons. The summed E-state index contributed by atoms with van der Waals surface area (Å²) in [5.74, 6) is -3.16. The van der Waals surface area contributed by atoms with Crippen molar-refractivity contribution in [2.45, 2.75) is 94.0 Å². The summed E-state index contributed by atoms with van der Waals surface area (Å²) in [7, 11) is -0.489. The Morgan fingerprint density at radius 2 is 1.50 bits per heavy atom. The molecule has 0 N–H and O–H groups in total. The van der Waals surface area contributed by atoms with Crippen molar-refractivity contribution in [3.05, 3.63) is 23.8 Å². The molecule has 2 atom stereocenters. The van der Waals surface area contributed by atoms with E-state index in [-0.39, 0.29) is 18.0 Å². The van der Waals surface area contributed by atoms with Gasteiger partial charge in [-0.1, -0.05) is 12.1 Å². The average molecular weight is 555 g/mol. The van der Waals surface area contributed by atoms with Crippen molar-refractivity contribution in [2.24, 2.45) is 11.8 Å². The Labute approximate surface area is 235 Å². The van der Waals surface area contributed by atoms with Crippen molar-refractivity contribution in [2.75, 3.05) is 44.3 Å². The number of ether oxygens (including phenoxy) is 1. The van der Waals surface area contributed by atoms with E-state index in [1.165, 1.54) is 0 Å². The zero-order valence-electron chi connectivity index (χ0n) is 24.0. The van der Waals surface area contributed by atoms with Crippen LogP contribution in [0.1, 0.15) is 58.9 Å². The highest BCUT2D eigenvalue weighted by atomic mass is 19.3. The normalized spacial score (nSPS) is 37.4. The molecular formula is C30H40BF2N3O4. The molecule has 7 nitrogen and oxygen atoms in total. The summed E-state index contributed by atoms with van der Waals surface area (Å²) in [5, 5.41) is 0. The Morgan fingerprint density at radius 3 is 2.08 bits per heavy atom. The van der Waals surface area contributed by atoms with Crippen LogP contribution in [0.5, 0.6) is 0 Å². The molecule has 1 aromatic rings. The molecule has 10 heteroatoms. The van der Waals surface area contributed by atoms with Crippen molar-refractivity contribution in [1.82, 2.24) is 9.80 Å². The zero-order valence-corrected chi connectivity index (χ0v) is 24.0. The number of hydrogen-bond donors (Lipinski definition) is 0. The molecule has 2 saturated carbocycles. The number of likely N-dealkylation sites (tertiary alicyclic amines) is 2. The van der Waals surface area contributed by atoms with Crippen LogP contribution < -0.4 is 10.4 Å². The first kappa shape index (κ1) is 26.1. The molecule has 1 amide bonds. The van der Waals surface area contributed by atoms with Crippen molar-refractivity contribution >= 4 is 24.2 Å². The molecule has 1 aromatic carbocycles. The Balaban J connectivity index is 1.07. The third kappa shape index (κ3) is 3.49. The monoisotopic (exact) mass is 555 g/mol. The number of piperidine rings is 2. The molecule has 6 fully saturated rings. The maximum absolute atomic E-state index is 14.5. The highest BCUT2D eigenvalue weighted by molar-refractivity contribution is 6.62. The second-order valence-electron chi connectivity index (χ2n) is 14.5. The molecule has 2 unspecified atom stereocenters. The molecule has 4 saturated heterocycles. The SMILES string of the molecule is CC1(C)OB(c2ccc3c(c2)N(C2CC(N4CC5C(C4)C5(F)F)C2)C(=O)C32CCN(C3COC3)CC2)OC1(C)C. The van der Waals surface area contributed by atoms with E-state index in [4.69, 9.17) is 14.0 Å². The van der Waals surface area contributed by atoms with Gasteiger partial charge in [0.1, 0.15) is 0 Å². The van der Waals surface area contributed by atoms with Crippen molar-refractivity contribution in [3.8, 4) is 0 Å². The number of hydrogen-bond acceptors (Lipinski definition) is 6. The molecule has 1 spiro atoms. The van der Waals surface area contributed by atoms with E-state index in [1.54, 1.807) is 0 Å². The topological polar surface area (TPSA) is 54.5 Å². The van der Waals surface area contributed by atoms with Gasteiger partial charge in [0.25, 0.3) is 5.92 Å². The van der Waals surface area contributed by atoms with Gasteiger partial charge < -0.3 is 18.9 Å². The second-order valence-corrected chi connectivity index (χ2v) is 14.5. The lowest BCUT2D eigenvalue weighted by atomic mass is 9.71. The second kappa shape index (κ2) is 8.28. The lowest BCUT2D eigenvalue weighted by Gasteiger charge is -2.47. The first-order chi connectivity index (χ1) is 18.9. The summed E-state index contributed by atoms with van der Waals surface area (Å²) >= 11 is 0. The number of amides is 1. The van der Waals surface area contributed by atoms with Crippen LogP contribution in [0.2, 0.25) is 0 Å². The van der Waals surface area contributed by atoms with Gasteiger partial charge in [0.15, 0.2) is 0 Å². The first-order valence-electron chi connectivity index (χ1n) is 15.2. The number of alkyl halides is 2. The fraction of sp³-hybridized carbons (Fsp3) is 0.767. The van der Waals surface area contributed by atoms with E-state index in [9.17, 15) is 13.6 Å². The lowest BCUT2D eigenvalue weighted by Crippen LogP contribution is -2.59. The highest BCUT2D eigenvalue weighted by Crippen LogP contribution is 2.60. The fourth-order valence-electron chi connectivity index (χ4n) is 8.19. The maximum atomic E-state index is 14.5.